The van der Waals surface area contributed by atoms with Gasteiger partial charge in [0.15, 0.2) is 0 Å². The van der Waals surface area contributed by atoms with E-state index >= 15 is 0 Å². The molecule has 48 valence electrons. The van der Waals surface area contributed by atoms with Crippen molar-refractivity contribution in [2.45, 2.75) is 17.1 Å². The van der Waals surface area contributed by atoms with Crippen LogP contribution in [0, 0.1) is 0 Å². The van der Waals surface area contributed by atoms with Gasteiger partial charge < -0.3 is 5.11 Å². The standard InChI is InChI=1S/C4H6BrClO2/c1-2(5)3(6)4(7)8/h2-3H,1H3,(H,7,8). The van der Waals surface area contributed by atoms with Gasteiger partial charge in [0, 0.05) is 4.83 Å². The SMILES string of the molecule is CC(Br)C(Cl)C(=O)O. The molecular weight excluding hydrogens is 195 g/mol. The number of hydrogen-bond donors (Lipinski definition) is 1. The minimum absolute atomic E-state index is 0.179. The second kappa shape index (κ2) is 3.30. The van der Waals surface area contributed by atoms with Crippen LogP contribution in [-0.2, 0) is 4.79 Å². The molecule has 4 heteroatoms. The summed E-state index contributed by atoms with van der Waals surface area (Å²) < 4.78 is 0. The summed E-state index contributed by atoms with van der Waals surface area (Å²) in [6.07, 6.45) is 0. The Kier molecular flexibility index (Phi) is 3.40. The maximum atomic E-state index is 9.98. The second-order valence-electron chi connectivity index (χ2n) is 1.42. The van der Waals surface area contributed by atoms with Crippen molar-refractivity contribution in [1.29, 1.82) is 0 Å². The first kappa shape index (κ1) is 8.24. The predicted octanol–water partition coefficient (Wildman–Crippen LogP) is 1.46. The first-order valence-electron chi connectivity index (χ1n) is 2.06. The van der Waals surface area contributed by atoms with Gasteiger partial charge in [-0.25, -0.2) is 0 Å². The van der Waals surface area contributed by atoms with Crippen molar-refractivity contribution in [2.24, 2.45) is 0 Å². The van der Waals surface area contributed by atoms with Gasteiger partial charge in [0.2, 0.25) is 0 Å². The first-order chi connectivity index (χ1) is 3.55. The molecule has 2 unspecified atom stereocenters. The van der Waals surface area contributed by atoms with Crippen LogP contribution in [0.15, 0.2) is 0 Å². The molecule has 0 radical (unpaired) electrons. The highest BCUT2D eigenvalue weighted by atomic mass is 79.9. The van der Waals surface area contributed by atoms with Gasteiger partial charge in [0.05, 0.1) is 0 Å². The fourth-order valence-electron chi connectivity index (χ4n) is 0.196. The minimum atomic E-state index is -0.990. The normalized spacial score (nSPS) is 17.4. The molecule has 0 aromatic rings. The molecular formula is C4H6BrClO2. The molecule has 0 rings (SSSR count). The van der Waals surface area contributed by atoms with Gasteiger partial charge in [-0.2, -0.15) is 0 Å². The van der Waals surface area contributed by atoms with E-state index in [0.29, 0.717) is 0 Å². The smallest absolute Gasteiger partial charge is 0.322 e. The van der Waals surface area contributed by atoms with Crippen LogP contribution in [0.4, 0.5) is 0 Å². The second-order valence-corrected chi connectivity index (χ2v) is 3.33. The third kappa shape index (κ3) is 2.52. The highest BCUT2D eigenvalue weighted by Gasteiger charge is 2.18. The van der Waals surface area contributed by atoms with Gasteiger partial charge in [0.1, 0.15) is 5.38 Å². The van der Waals surface area contributed by atoms with Crippen LogP contribution in [0.2, 0.25) is 0 Å². The molecule has 8 heavy (non-hydrogen) atoms. The van der Waals surface area contributed by atoms with Crippen molar-refractivity contribution in [3.05, 3.63) is 0 Å². The summed E-state index contributed by atoms with van der Waals surface area (Å²) in [4.78, 5) is 9.80. The third-order valence-corrected chi connectivity index (χ3v) is 2.04. The lowest BCUT2D eigenvalue weighted by Crippen LogP contribution is -2.21. The van der Waals surface area contributed by atoms with E-state index in [9.17, 15) is 4.79 Å². The van der Waals surface area contributed by atoms with E-state index in [1.54, 1.807) is 6.92 Å². The Labute approximate surface area is 61.0 Å². The van der Waals surface area contributed by atoms with Gasteiger partial charge in [-0.15, -0.1) is 11.6 Å². The molecule has 0 aromatic heterocycles. The summed E-state index contributed by atoms with van der Waals surface area (Å²) >= 11 is 8.33. The zero-order chi connectivity index (χ0) is 6.73. The van der Waals surface area contributed by atoms with Crippen LogP contribution in [0.5, 0.6) is 0 Å². The zero-order valence-electron chi connectivity index (χ0n) is 4.27. The molecule has 0 aromatic carbocycles. The van der Waals surface area contributed by atoms with E-state index in [1.807, 2.05) is 0 Å². The molecule has 0 bridgehead atoms. The summed E-state index contributed by atoms with van der Waals surface area (Å²) in [7, 11) is 0. The van der Waals surface area contributed by atoms with Gasteiger partial charge >= 0.3 is 5.97 Å². The van der Waals surface area contributed by atoms with Crippen LogP contribution < -0.4 is 0 Å². The molecule has 0 aliphatic rings. The van der Waals surface area contributed by atoms with Crippen LogP contribution in [-0.4, -0.2) is 21.3 Å². The summed E-state index contributed by atoms with van der Waals surface area (Å²) in [5, 5.41) is 7.37. The summed E-state index contributed by atoms with van der Waals surface area (Å²) in [5.41, 5.74) is 0. The molecule has 0 aliphatic carbocycles. The van der Waals surface area contributed by atoms with E-state index in [-0.39, 0.29) is 4.83 Å². The monoisotopic (exact) mass is 200 g/mol. The van der Waals surface area contributed by atoms with E-state index in [1.165, 1.54) is 0 Å². The molecule has 0 spiro atoms. The van der Waals surface area contributed by atoms with Gasteiger partial charge in [-0.05, 0) is 0 Å². The largest absolute Gasteiger partial charge is 0.480 e. The maximum absolute atomic E-state index is 9.98. The Morgan fingerprint density at radius 1 is 1.88 bits per heavy atom. The Hall–Kier alpha value is 0.240. The fourth-order valence-corrected chi connectivity index (χ4v) is 0.423. The van der Waals surface area contributed by atoms with E-state index in [2.05, 4.69) is 15.9 Å². The Morgan fingerprint density at radius 2 is 2.25 bits per heavy atom. The van der Waals surface area contributed by atoms with Crippen molar-refractivity contribution >= 4 is 33.5 Å². The summed E-state index contributed by atoms with van der Waals surface area (Å²) in [5.74, 6) is -0.990. The number of rotatable bonds is 2. The lowest BCUT2D eigenvalue weighted by Gasteiger charge is -2.03. The zero-order valence-corrected chi connectivity index (χ0v) is 6.61. The van der Waals surface area contributed by atoms with E-state index < -0.39 is 11.3 Å². The molecule has 0 saturated carbocycles. The van der Waals surface area contributed by atoms with Crippen molar-refractivity contribution in [1.82, 2.24) is 0 Å². The summed E-state index contributed by atoms with van der Waals surface area (Å²) in [6, 6.07) is 0. The third-order valence-electron chi connectivity index (χ3n) is 0.639. The molecule has 2 atom stereocenters. The lowest BCUT2D eigenvalue weighted by molar-refractivity contribution is -0.136. The number of halogens is 2. The van der Waals surface area contributed by atoms with Crippen molar-refractivity contribution in [3.8, 4) is 0 Å². The predicted molar refractivity (Wildman–Crippen MR) is 35.7 cm³/mol. The number of alkyl halides is 2. The van der Waals surface area contributed by atoms with Gasteiger partial charge in [-0.1, -0.05) is 22.9 Å². The van der Waals surface area contributed by atoms with Crippen LogP contribution in [0.1, 0.15) is 6.92 Å². The average Bonchev–Trinajstić information content (AvgIpc) is 1.64. The van der Waals surface area contributed by atoms with Crippen LogP contribution in [0.25, 0.3) is 0 Å². The maximum Gasteiger partial charge on any atom is 0.322 e. The highest BCUT2D eigenvalue weighted by Crippen LogP contribution is 2.10. The van der Waals surface area contributed by atoms with Gasteiger partial charge in [-0.3, -0.25) is 4.79 Å². The average molecular weight is 201 g/mol. The Morgan fingerprint density at radius 3 is 2.25 bits per heavy atom. The van der Waals surface area contributed by atoms with Gasteiger partial charge in [0.25, 0.3) is 0 Å². The number of carboxylic acids is 1. The van der Waals surface area contributed by atoms with E-state index in [0.717, 1.165) is 0 Å². The number of aliphatic carboxylic acids is 1. The Balaban J connectivity index is 3.64. The molecule has 0 heterocycles. The summed E-state index contributed by atoms with van der Waals surface area (Å²) in [6.45, 7) is 1.69. The van der Waals surface area contributed by atoms with Crippen molar-refractivity contribution < 1.29 is 9.90 Å². The molecule has 0 fully saturated rings. The lowest BCUT2D eigenvalue weighted by atomic mass is 10.3. The number of carbonyl (C=O) groups is 1. The van der Waals surface area contributed by atoms with Crippen molar-refractivity contribution in [2.75, 3.05) is 0 Å². The minimum Gasteiger partial charge on any atom is -0.480 e. The highest BCUT2D eigenvalue weighted by molar-refractivity contribution is 9.09. The first-order valence-corrected chi connectivity index (χ1v) is 3.42. The fraction of sp³-hybridized carbons (Fsp3) is 0.750. The molecule has 0 saturated heterocycles. The number of carboxylic acid groups (broad SMARTS) is 1. The molecule has 0 amide bonds. The number of hydrogen-bond acceptors (Lipinski definition) is 1. The van der Waals surface area contributed by atoms with Crippen LogP contribution >= 0.6 is 27.5 Å². The Bertz CT molecular complexity index is 94.0. The molecule has 2 nitrogen and oxygen atoms in total. The topological polar surface area (TPSA) is 37.3 Å². The quantitative estimate of drug-likeness (QED) is 0.687. The van der Waals surface area contributed by atoms with Crippen LogP contribution in [0.3, 0.4) is 0 Å². The molecule has 0 aliphatic heterocycles. The molecule has 1 N–H and O–H groups in total. The van der Waals surface area contributed by atoms with E-state index in [4.69, 9.17) is 16.7 Å². The van der Waals surface area contributed by atoms with Crippen molar-refractivity contribution in [3.63, 3.8) is 0 Å².